The molecular formula is C17H15N3O3. The average molecular weight is 309 g/mol. The Hall–Kier alpha value is -2.99. The summed E-state index contributed by atoms with van der Waals surface area (Å²) in [5, 5.41) is 26.8. The second kappa shape index (κ2) is 6.02. The van der Waals surface area contributed by atoms with Gasteiger partial charge in [-0.3, -0.25) is 0 Å². The lowest BCUT2D eigenvalue weighted by atomic mass is 10.0. The summed E-state index contributed by atoms with van der Waals surface area (Å²) in [6, 6.07) is 14.2. The van der Waals surface area contributed by atoms with Crippen LogP contribution in [0.5, 0.6) is 0 Å². The molecule has 3 aromatic rings. The Kier molecular flexibility index (Phi) is 3.91. The lowest BCUT2D eigenvalue weighted by Crippen LogP contribution is -2.04. The molecule has 0 aliphatic rings. The van der Waals surface area contributed by atoms with Crippen molar-refractivity contribution in [2.24, 2.45) is 0 Å². The maximum absolute atomic E-state index is 11.2. The van der Waals surface area contributed by atoms with Crippen LogP contribution in [0.1, 0.15) is 21.6 Å². The molecule has 0 bridgehead atoms. The van der Waals surface area contributed by atoms with Gasteiger partial charge in [0, 0.05) is 5.56 Å². The molecular weight excluding hydrogens is 294 g/mol. The van der Waals surface area contributed by atoms with Gasteiger partial charge in [0.15, 0.2) is 0 Å². The van der Waals surface area contributed by atoms with Gasteiger partial charge < -0.3 is 10.2 Å². The van der Waals surface area contributed by atoms with Crippen molar-refractivity contribution in [1.82, 2.24) is 15.0 Å². The van der Waals surface area contributed by atoms with Crippen LogP contribution in [0.15, 0.2) is 48.5 Å². The van der Waals surface area contributed by atoms with Crippen LogP contribution in [0.25, 0.3) is 16.9 Å². The molecule has 0 fully saturated rings. The summed E-state index contributed by atoms with van der Waals surface area (Å²) < 4.78 is 1.56. The number of carboxylic acid groups (broad SMARTS) is 1. The van der Waals surface area contributed by atoms with E-state index in [9.17, 15) is 9.90 Å². The Morgan fingerprint density at radius 2 is 1.96 bits per heavy atom. The third-order valence-corrected chi connectivity index (χ3v) is 3.63. The van der Waals surface area contributed by atoms with Crippen LogP contribution in [0.2, 0.25) is 0 Å². The first kappa shape index (κ1) is 14.9. The number of carbonyl (C=O) groups is 1. The summed E-state index contributed by atoms with van der Waals surface area (Å²) in [7, 11) is 0. The van der Waals surface area contributed by atoms with E-state index in [-0.39, 0.29) is 12.2 Å². The van der Waals surface area contributed by atoms with E-state index < -0.39 is 5.97 Å². The van der Waals surface area contributed by atoms with Crippen LogP contribution in [-0.4, -0.2) is 31.2 Å². The average Bonchev–Trinajstić information content (AvgIpc) is 2.99. The molecule has 0 aliphatic heterocycles. The Morgan fingerprint density at radius 3 is 2.65 bits per heavy atom. The summed E-state index contributed by atoms with van der Waals surface area (Å²) >= 11 is 0. The van der Waals surface area contributed by atoms with E-state index in [4.69, 9.17) is 5.11 Å². The van der Waals surface area contributed by atoms with Gasteiger partial charge in [0.05, 0.1) is 17.9 Å². The fraction of sp³-hybridized carbons (Fsp3) is 0.118. The van der Waals surface area contributed by atoms with E-state index in [0.29, 0.717) is 17.1 Å². The van der Waals surface area contributed by atoms with Gasteiger partial charge in [0.2, 0.25) is 0 Å². The first-order valence-corrected chi connectivity index (χ1v) is 7.07. The van der Waals surface area contributed by atoms with Crippen molar-refractivity contribution in [2.75, 3.05) is 0 Å². The maximum Gasteiger partial charge on any atom is 0.335 e. The molecule has 6 heteroatoms. The zero-order chi connectivity index (χ0) is 16.4. The normalized spacial score (nSPS) is 10.7. The van der Waals surface area contributed by atoms with Gasteiger partial charge >= 0.3 is 5.97 Å². The van der Waals surface area contributed by atoms with Crippen molar-refractivity contribution in [1.29, 1.82) is 0 Å². The van der Waals surface area contributed by atoms with Gasteiger partial charge in [0.25, 0.3) is 0 Å². The molecule has 23 heavy (non-hydrogen) atoms. The molecule has 0 aliphatic carbocycles. The number of carboxylic acids is 1. The van der Waals surface area contributed by atoms with Gasteiger partial charge in [0.1, 0.15) is 11.4 Å². The van der Waals surface area contributed by atoms with Crippen LogP contribution in [0.3, 0.4) is 0 Å². The first-order valence-electron chi connectivity index (χ1n) is 7.07. The molecule has 6 nitrogen and oxygen atoms in total. The zero-order valence-corrected chi connectivity index (χ0v) is 12.5. The quantitative estimate of drug-likeness (QED) is 0.772. The molecule has 2 N–H and O–H groups in total. The number of nitrogens with zero attached hydrogens (tertiary/aromatic N) is 3. The highest BCUT2D eigenvalue weighted by atomic mass is 16.4. The number of aryl methyl sites for hydroxylation is 1. The zero-order valence-electron chi connectivity index (χ0n) is 12.5. The number of hydrogen-bond donors (Lipinski definition) is 2. The Labute approximate surface area is 132 Å². The van der Waals surface area contributed by atoms with Crippen LogP contribution in [0.4, 0.5) is 0 Å². The predicted molar refractivity (Wildman–Crippen MR) is 84.4 cm³/mol. The molecule has 0 unspecified atom stereocenters. The number of aromatic carboxylic acids is 1. The molecule has 0 spiro atoms. The monoisotopic (exact) mass is 309 g/mol. The van der Waals surface area contributed by atoms with Crippen molar-refractivity contribution in [3.63, 3.8) is 0 Å². The molecule has 3 rings (SSSR count). The van der Waals surface area contributed by atoms with E-state index in [1.807, 2.05) is 31.2 Å². The molecule has 1 heterocycles. The second-order valence-corrected chi connectivity index (χ2v) is 5.13. The number of aliphatic hydroxyl groups excluding tert-OH is 1. The van der Waals surface area contributed by atoms with Gasteiger partial charge in [-0.15, -0.1) is 5.10 Å². The molecule has 116 valence electrons. The number of benzene rings is 2. The van der Waals surface area contributed by atoms with E-state index >= 15 is 0 Å². The van der Waals surface area contributed by atoms with Crippen molar-refractivity contribution < 1.29 is 15.0 Å². The summed E-state index contributed by atoms with van der Waals surface area (Å²) in [5.41, 5.74) is 3.75. The molecule has 0 saturated heterocycles. The third-order valence-electron chi connectivity index (χ3n) is 3.63. The first-order chi connectivity index (χ1) is 11.1. The Bertz CT molecular complexity index is 871. The minimum Gasteiger partial charge on any atom is -0.478 e. The van der Waals surface area contributed by atoms with Crippen LogP contribution >= 0.6 is 0 Å². The SMILES string of the molecule is Cc1ccccc1-c1c(CO)nnn1-c1cccc(C(=O)O)c1. The molecule has 0 amide bonds. The molecule has 2 aromatic carbocycles. The van der Waals surface area contributed by atoms with E-state index in [0.717, 1.165) is 11.1 Å². The molecule has 1 aromatic heterocycles. The molecule has 0 radical (unpaired) electrons. The molecule has 0 saturated carbocycles. The maximum atomic E-state index is 11.2. The van der Waals surface area contributed by atoms with Crippen molar-refractivity contribution in [2.45, 2.75) is 13.5 Å². The second-order valence-electron chi connectivity index (χ2n) is 5.13. The lowest BCUT2D eigenvalue weighted by Gasteiger charge is -2.10. The largest absolute Gasteiger partial charge is 0.478 e. The highest BCUT2D eigenvalue weighted by Crippen LogP contribution is 2.28. The van der Waals surface area contributed by atoms with Gasteiger partial charge in [-0.1, -0.05) is 35.5 Å². The minimum absolute atomic E-state index is 0.166. The van der Waals surface area contributed by atoms with Gasteiger partial charge in [-0.25, -0.2) is 9.48 Å². The van der Waals surface area contributed by atoms with Crippen molar-refractivity contribution in [3.05, 3.63) is 65.4 Å². The summed E-state index contributed by atoms with van der Waals surface area (Å²) in [5.74, 6) is -1.01. The standard InChI is InChI=1S/C17H15N3O3/c1-11-5-2-3-8-14(11)16-15(10-21)18-19-20(16)13-7-4-6-12(9-13)17(22)23/h2-9,21H,10H2,1H3,(H,22,23). The highest BCUT2D eigenvalue weighted by Gasteiger charge is 2.17. The highest BCUT2D eigenvalue weighted by molar-refractivity contribution is 5.88. The lowest BCUT2D eigenvalue weighted by molar-refractivity contribution is 0.0697. The Balaban J connectivity index is 2.22. The van der Waals surface area contributed by atoms with Gasteiger partial charge in [-0.05, 0) is 30.7 Å². The fourth-order valence-corrected chi connectivity index (χ4v) is 2.48. The summed E-state index contributed by atoms with van der Waals surface area (Å²) in [6.07, 6.45) is 0. The fourth-order valence-electron chi connectivity index (χ4n) is 2.48. The van der Waals surface area contributed by atoms with Crippen molar-refractivity contribution in [3.8, 4) is 16.9 Å². The van der Waals surface area contributed by atoms with Crippen LogP contribution < -0.4 is 0 Å². The van der Waals surface area contributed by atoms with Crippen molar-refractivity contribution >= 4 is 5.97 Å². The minimum atomic E-state index is -1.01. The number of aliphatic hydroxyl groups is 1. The van der Waals surface area contributed by atoms with Crippen LogP contribution in [-0.2, 0) is 6.61 Å². The predicted octanol–water partition coefficient (Wildman–Crippen LogP) is 2.43. The van der Waals surface area contributed by atoms with Crippen LogP contribution in [0, 0.1) is 6.92 Å². The molecule has 0 atom stereocenters. The number of hydrogen-bond acceptors (Lipinski definition) is 4. The summed E-state index contributed by atoms with van der Waals surface area (Å²) in [4.78, 5) is 11.2. The summed E-state index contributed by atoms with van der Waals surface area (Å²) in [6.45, 7) is 1.71. The third kappa shape index (κ3) is 2.72. The smallest absolute Gasteiger partial charge is 0.335 e. The Morgan fingerprint density at radius 1 is 1.17 bits per heavy atom. The topological polar surface area (TPSA) is 88.2 Å². The van der Waals surface area contributed by atoms with E-state index in [1.165, 1.54) is 12.1 Å². The number of rotatable bonds is 4. The van der Waals surface area contributed by atoms with Gasteiger partial charge in [-0.2, -0.15) is 0 Å². The van der Waals surface area contributed by atoms with E-state index in [2.05, 4.69) is 10.3 Å². The number of aromatic nitrogens is 3. The van der Waals surface area contributed by atoms with E-state index in [1.54, 1.807) is 16.8 Å².